The molecule has 1 aromatic heterocycles. The molecule has 1 aromatic rings. The van der Waals surface area contributed by atoms with Gasteiger partial charge in [-0.1, -0.05) is 0 Å². The summed E-state index contributed by atoms with van der Waals surface area (Å²) < 4.78 is 28.5. The predicted molar refractivity (Wildman–Crippen MR) is 44.5 cm³/mol. The Morgan fingerprint density at radius 3 is 2.77 bits per heavy atom. The standard InChI is InChI=1S/C8H12F2N2O/c9-8(10)4-12-7(3-11)6-1-2-13-5-6/h1-2,5,7-8,12H,3-4,11H2. The Morgan fingerprint density at radius 1 is 1.54 bits per heavy atom. The molecule has 0 fully saturated rings. The number of alkyl halides is 2. The number of nitrogens with two attached hydrogens (primary N) is 1. The molecule has 13 heavy (non-hydrogen) atoms. The third kappa shape index (κ3) is 3.12. The van der Waals surface area contributed by atoms with Crippen LogP contribution in [0.25, 0.3) is 0 Å². The second kappa shape index (κ2) is 4.94. The monoisotopic (exact) mass is 190 g/mol. The third-order valence-corrected chi connectivity index (χ3v) is 1.70. The van der Waals surface area contributed by atoms with Gasteiger partial charge in [0.2, 0.25) is 0 Å². The van der Waals surface area contributed by atoms with Crippen LogP contribution in [0.15, 0.2) is 23.0 Å². The molecule has 0 saturated carbocycles. The van der Waals surface area contributed by atoms with Gasteiger partial charge in [-0.25, -0.2) is 8.78 Å². The van der Waals surface area contributed by atoms with E-state index in [1.807, 2.05) is 0 Å². The molecule has 0 amide bonds. The molecule has 0 aliphatic heterocycles. The van der Waals surface area contributed by atoms with E-state index in [-0.39, 0.29) is 19.1 Å². The Kier molecular flexibility index (Phi) is 3.85. The largest absolute Gasteiger partial charge is 0.472 e. The Balaban J connectivity index is 2.44. The molecule has 0 bridgehead atoms. The Bertz CT molecular complexity index is 226. The van der Waals surface area contributed by atoms with Crippen LogP contribution in [0.4, 0.5) is 8.78 Å². The van der Waals surface area contributed by atoms with Crippen molar-refractivity contribution in [3.8, 4) is 0 Å². The summed E-state index contributed by atoms with van der Waals surface area (Å²) in [4.78, 5) is 0. The lowest BCUT2D eigenvalue weighted by molar-refractivity contribution is 0.141. The molecule has 5 heteroatoms. The summed E-state index contributed by atoms with van der Waals surface area (Å²) in [5.74, 6) is 0. The number of furan rings is 1. The maximum atomic E-state index is 11.8. The van der Waals surface area contributed by atoms with E-state index < -0.39 is 6.43 Å². The average molecular weight is 190 g/mol. The van der Waals surface area contributed by atoms with Crippen LogP contribution in [-0.2, 0) is 0 Å². The minimum absolute atomic E-state index is 0.257. The first-order chi connectivity index (χ1) is 6.24. The van der Waals surface area contributed by atoms with Crippen molar-refractivity contribution in [3.63, 3.8) is 0 Å². The van der Waals surface area contributed by atoms with E-state index in [0.717, 1.165) is 5.56 Å². The zero-order valence-corrected chi connectivity index (χ0v) is 7.04. The minimum atomic E-state index is -2.36. The van der Waals surface area contributed by atoms with Crippen LogP contribution in [0.1, 0.15) is 11.6 Å². The number of hydrogen-bond donors (Lipinski definition) is 2. The lowest BCUT2D eigenvalue weighted by Crippen LogP contribution is -2.31. The molecule has 3 nitrogen and oxygen atoms in total. The quantitative estimate of drug-likeness (QED) is 0.731. The molecule has 0 aliphatic rings. The van der Waals surface area contributed by atoms with Crippen LogP contribution < -0.4 is 11.1 Å². The Labute approximate surface area is 74.9 Å². The van der Waals surface area contributed by atoms with E-state index in [1.165, 1.54) is 12.5 Å². The molecule has 1 rings (SSSR count). The summed E-state index contributed by atoms with van der Waals surface area (Å²) in [5.41, 5.74) is 6.20. The minimum Gasteiger partial charge on any atom is -0.472 e. The summed E-state index contributed by atoms with van der Waals surface area (Å²) in [6, 6.07) is 1.45. The average Bonchev–Trinajstić information content (AvgIpc) is 2.58. The van der Waals surface area contributed by atoms with Crippen LogP contribution in [0.3, 0.4) is 0 Å². The molecule has 1 atom stereocenters. The summed E-state index contributed by atoms with van der Waals surface area (Å²) >= 11 is 0. The first-order valence-electron chi connectivity index (χ1n) is 3.97. The molecule has 1 unspecified atom stereocenters. The highest BCUT2D eigenvalue weighted by molar-refractivity contribution is 5.11. The van der Waals surface area contributed by atoms with Gasteiger partial charge >= 0.3 is 0 Å². The van der Waals surface area contributed by atoms with E-state index in [4.69, 9.17) is 10.2 Å². The maximum absolute atomic E-state index is 11.8. The second-order valence-electron chi connectivity index (χ2n) is 2.64. The van der Waals surface area contributed by atoms with Gasteiger partial charge in [-0.3, -0.25) is 0 Å². The van der Waals surface area contributed by atoms with Crippen molar-refractivity contribution in [1.82, 2.24) is 5.32 Å². The number of nitrogens with one attached hydrogen (secondary N) is 1. The summed E-state index contributed by atoms with van der Waals surface area (Å²) in [5, 5.41) is 2.64. The van der Waals surface area contributed by atoms with E-state index in [2.05, 4.69) is 5.32 Å². The van der Waals surface area contributed by atoms with Crippen LogP contribution in [0.2, 0.25) is 0 Å². The molecule has 0 radical (unpaired) electrons. The van der Waals surface area contributed by atoms with Crippen LogP contribution in [0.5, 0.6) is 0 Å². The van der Waals surface area contributed by atoms with Gasteiger partial charge in [-0.05, 0) is 6.07 Å². The Morgan fingerprint density at radius 2 is 2.31 bits per heavy atom. The normalized spacial score (nSPS) is 13.5. The van der Waals surface area contributed by atoms with E-state index in [0.29, 0.717) is 0 Å². The highest BCUT2D eigenvalue weighted by Crippen LogP contribution is 2.11. The molecule has 74 valence electrons. The van der Waals surface area contributed by atoms with Crippen LogP contribution in [-0.4, -0.2) is 19.5 Å². The fourth-order valence-electron chi connectivity index (χ4n) is 1.04. The van der Waals surface area contributed by atoms with Crippen molar-refractivity contribution in [2.24, 2.45) is 5.73 Å². The summed E-state index contributed by atoms with van der Waals surface area (Å²) in [7, 11) is 0. The zero-order valence-electron chi connectivity index (χ0n) is 7.04. The topological polar surface area (TPSA) is 51.2 Å². The first-order valence-corrected chi connectivity index (χ1v) is 3.97. The van der Waals surface area contributed by atoms with Gasteiger partial charge in [-0.2, -0.15) is 0 Å². The van der Waals surface area contributed by atoms with Crippen molar-refractivity contribution in [3.05, 3.63) is 24.2 Å². The molecule has 0 aliphatic carbocycles. The third-order valence-electron chi connectivity index (χ3n) is 1.70. The van der Waals surface area contributed by atoms with Crippen molar-refractivity contribution >= 4 is 0 Å². The molecule has 1 heterocycles. The molecule has 0 saturated heterocycles. The molecule has 0 aromatic carbocycles. The molecular weight excluding hydrogens is 178 g/mol. The van der Waals surface area contributed by atoms with Gasteiger partial charge in [0.25, 0.3) is 6.43 Å². The van der Waals surface area contributed by atoms with Gasteiger partial charge in [0.05, 0.1) is 19.1 Å². The van der Waals surface area contributed by atoms with E-state index in [9.17, 15) is 8.78 Å². The van der Waals surface area contributed by atoms with E-state index >= 15 is 0 Å². The highest BCUT2D eigenvalue weighted by Gasteiger charge is 2.12. The van der Waals surface area contributed by atoms with Crippen molar-refractivity contribution in [2.45, 2.75) is 12.5 Å². The lowest BCUT2D eigenvalue weighted by Gasteiger charge is -2.14. The summed E-state index contributed by atoms with van der Waals surface area (Å²) in [6.07, 6.45) is 0.624. The van der Waals surface area contributed by atoms with Crippen LogP contribution >= 0.6 is 0 Å². The number of hydrogen-bond acceptors (Lipinski definition) is 3. The van der Waals surface area contributed by atoms with Crippen molar-refractivity contribution in [2.75, 3.05) is 13.1 Å². The SMILES string of the molecule is NCC(NCC(F)F)c1ccoc1. The van der Waals surface area contributed by atoms with Gasteiger partial charge in [0.1, 0.15) is 0 Å². The smallest absolute Gasteiger partial charge is 0.250 e. The molecular formula is C8H12F2N2O. The zero-order chi connectivity index (χ0) is 9.68. The molecule has 0 spiro atoms. The predicted octanol–water partition coefficient (Wildman–Crippen LogP) is 1.13. The maximum Gasteiger partial charge on any atom is 0.250 e. The van der Waals surface area contributed by atoms with E-state index in [1.54, 1.807) is 6.07 Å². The molecule has 3 N–H and O–H groups in total. The highest BCUT2D eigenvalue weighted by atomic mass is 19.3. The summed E-state index contributed by atoms with van der Waals surface area (Å²) in [6.45, 7) is -0.0840. The van der Waals surface area contributed by atoms with Crippen molar-refractivity contribution in [1.29, 1.82) is 0 Å². The van der Waals surface area contributed by atoms with Gasteiger partial charge in [0, 0.05) is 18.2 Å². The Hall–Kier alpha value is -0.940. The first kappa shape index (κ1) is 10.1. The number of halogens is 2. The van der Waals surface area contributed by atoms with Gasteiger partial charge < -0.3 is 15.5 Å². The lowest BCUT2D eigenvalue weighted by atomic mass is 10.1. The fraction of sp³-hybridized carbons (Fsp3) is 0.500. The van der Waals surface area contributed by atoms with Gasteiger partial charge in [0.15, 0.2) is 0 Å². The second-order valence-corrected chi connectivity index (χ2v) is 2.64. The van der Waals surface area contributed by atoms with Crippen molar-refractivity contribution < 1.29 is 13.2 Å². The fourth-order valence-corrected chi connectivity index (χ4v) is 1.04. The number of rotatable bonds is 5. The van der Waals surface area contributed by atoms with Crippen LogP contribution in [0, 0.1) is 0 Å². The van der Waals surface area contributed by atoms with Gasteiger partial charge in [-0.15, -0.1) is 0 Å².